The Morgan fingerprint density at radius 2 is 2.32 bits per heavy atom. The summed E-state index contributed by atoms with van der Waals surface area (Å²) in [4.78, 5) is 22.5. The largest absolute Gasteiger partial charge is 0.480 e. The highest BCUT2D eigenvalue weighted by Gasteiger charge is 2.18. The summed E-state index contributed by atoms with van der Waals surface area (Å²) in [6, 6.07) is 0.750. The average molecular weight is 302 g/mol. The Labute approximate surface area is 120 Å². The van der Waals surface area contributed by atoms with E-state index in [2.05, 4.69) is 10.6 Å². The maximum atomic E-state index is 11.6. The van der Waals surface area contributed by atoms with Crippen molar-refractivity contribution in [1.29, 1.82) is 0 Å². The van der Waals surface area contributed by atoms with Gasteiger partial charge < -0.3 is 15.7 Å². The fraction of sp³-hybridized carbons (Fsp3) is 0.500. The molecule has 0 fully saturated rings. The molecular weight excluding hydrogens is 284 g/mol. The van der Waals surface area contributed by atoms with Crippen LogP contribution < -0.4 is 10.6 Å². The molecule has 1 aromatic rings. The average Bonchev–Trinajstić information content (AvgIpc) is 2.87. The number of carbonyl (C=O) groups is 2. The standard InChI is InChI=1S/C12H18N2O3S2/c1-18-6-4-10(11(15)16)14-12(17)13-5-2-9-3-7-19-8-9/h3,7-8,10H,2,4-6H2,1H3,(H,15,16)(H2,13,14,17). The van der Waals surface area contributed by atoms with Crippen LogP contribution in [0.15, 0.2) is 16.8 Å². The summed E-state index contributed by atoms with van der Waals surface area (Å²) in [6.45, 7) is 0.497. The van der Waals surface area contributed by atoms with E-state index in [-0.39, 0.29) is 0 Å². The lowest BCUT2D eigenvalue weighted by Gasteiger charge is -2.14. The lowest BCUT2D eigenvalue weighted by atomic mass is 10.2. The van der Waals surface area contributed by atoms with Gasteiger partial charge in [-0.3, -0.25) is 0 Å². The van der Waals surface area contributed by atoms with Gasteiger partial charge in [-0.1, -0.05) is 0 Å². The quantitative estimate of drug-likeness (QED) is 0.684. The van der Waals surface area contributed by atoms with Crippen molar-refractivity contribution in [3.05, 3.63) is 22.4 Å². The van der Waals surface area contributed by atoms with Crippen molar-refractivity contribution in [3.8, 4) is 0 Å². The predicted octanol–water partition coefficient (Wildman–Crippen LogP) is 1.80. The molecule has 0 aliphatic heterocycles. The van der Waals surface area contributed by atoms with Crippen LogP contribution in [0.25, 0.3) is 0 Å². The van der Waals surface area contributed by atoms with Gasteiger partial charge >= 0.3 is 12.0 Å². The third kappa shape index (κ3) is 6.49. The molecule has 1 aromatic heterocycles. The maximum Gasteiger partial charge on any atom is 0.326 e. The second-order valence-corrected chi connectivity index (χ2v) is 5.72. The van der Waals surface area contributed by atoms with E-state index in [4.69, 9.17) is 5.11 Å². The Morgan fingerprint density at radius 1 is 1.53 bits per heavy atom. The minimum absolute atomic E-state index is 0.425. The third-order valence-corrected chi connectivity index (χ3v) is 3.87. The zero-order chi connectivity index (χ0) is 14.1. The molecule has 0 spiro atoms. The van der Waals surface area contributed by atoms with Gasteiger partial charge in [-0.25, -0.2) is 9.59 Å². The van der Waals surface area contributed by atoms with E-state index < -0.39 is 18.0 Å². The second-order valence-electron chi connectivity index (χ2n) is 3.95. The molecule has 1 unspecified atom stereocenters. The summed E-state index contributed by atoms with van der Waals surface area (Å²) in [5.74, 6) is -0.298. The van der Waals surface area contributed by atoms with E-state index in [1.807, 2.05) is 23.1 Å². The van der Waals surface area contributed by atoms with Gasteiger partial charge in [-0.15, -0.1) is 0 Å². The number of nitrogens with one attached hydrogen (secondary N) is 2. The fourth-order valence-corrected chi connectivity index (χ4v) is 2.63. The molecule has 0 saturated heterocycles. The number of hydrogen-bond acceptors (Lipinski definition) is 4. The van der Waals surface area contributed by atoms with E-state index >= 15 is 0 Å². The molecule has 106 valence electrons. The number of hydrogen-bond donors (Lipinski definition) is 3. The number of thioether (sulfide) groups is 1. The van der Waals surface area contributed by atoms with Crippen LogP contribution in [0.2, 0.25) is 0 Å². The molecule has 19 heavy (non-hydrogen) atoms. The third-order valence-electron chi connectivity index (χ3n) is 2.49. The van der Waals surface area contributed by atoms with Crippen molar-refractivity contribution in [2.24, 2.45) is 0 Å². The molecule has 5 nitrogen and oxygen atoms in total. The van der Waals surface area contributed by atoms with E-state index in [0.29, 0.717) is 18.7 Å². The molecule has 1 rings (SSSR count). The SMILES string of the molecule is CSCCC(NC(=O)NCCc1ccsc1)C(=O)O. The lowest BCUT2D eigenvalue weighted by molar-refractivity contribution is -0.139. The molecule has 1 heterocycles. The number of carboxylic acids is 1. The molecule has 3 N–H and O–H groups in total. The highest BCUT2D eigenvalue weighted by atomic mass is 32.2. The van der Waals surface area contributed by atoms with Crippen molar-refractivity contribution >= 4 is 35.1 Å². The van der Waals surface area contributed by atoms with Crippen LogP contribution in [-0.2, 0) is 11.2 Å². The normalized spacial score (nSPS) is 11.8. The summed E-state index contributed by atoms with van der Waals surface area (Å²) in [6.07, 6.45) is 3.08. The molecule has 0 bridgehead atoms. The summed E-state index contributed by atoms with van der Waals surface area (Å²) in [7, 11) is 0. The molecule has 0 aliphatic carbocycles. The van der Waals surface area contributed by atoms with Gasteiger partial charge in [-0.2, -0.15) is 23.1 Å². The number of rotatable bonds is 8. The molecule has 0 saturated carbocycles. The van der Waals surface area contributed by atoms with Gasteiger partial charge in [0.05, 0.1) is 0 Å². The molecule has 0 radical (unpaired) electrons. The van der Waals surface area contributed by atoms with E-state index in [9.17, 15) is 9.59 Å². The highest BCUT2D eigenvalue weighted by molar-refractivity contribution is 7.98. The van der Waals surface area contributed by atoms with Gasteiger partial charge in [0, 0.05) is 6.54 Å². The molecule has 0 aromatic carbocycles. The van der Waals surface area contributed by atoms with Crippen LogP contribution in [0.5, 0.6) is 0 Å². The summed E-state index contributed by atoms with van der Waals surface area (Å²) in [5, 5.41) is 18.1. The minimum Gasteiger partial charge on any atom is -0.480 e. The Morgan fingerprint density at radius 3 is 2.89 bits per heavy atom. The lowest BCUT2D eigenvalue weighted by Crippen LogP contribution is -2.46. The minimum atomic E-state index is -0.998. The smallest absolute Gasteiger partial charge is 0.326 e. The molecule has 2 amide bonds. The van der Waals surface area contributed by atoms with E-state index in [1.54, 1.807) is 23.1 Å². The van der Waals surface area contributed by atoms with Gasteiger partial charge in [0.15, 0.2) is 0 Å². The van der Waals surface area contributed by atoms with Crippen molar-refractivity contribution in [2.45, 2.75) is 18.9 Å². The number of aliphatic carboxylic acids is 1. The zero-order valence-electron chi connectivity index (χ0n) is 10.7. The summed E-state index contributed by atoms with van der Waals surface area (Å²) in [5.41, 5.74) is 1.17. The van der Waals surface area contributed by atoms with Crippen LogP contribution >= 0.6 is 23.1 Å². The number of urea groups is 1. The monoisotopic (exact) mass is 302 g/mol. The first-order valence-corrected chi connectivity index (χ1v) is 8.24. The first-order valence-electron chi connectivity index (χ1n) is 5.90. The first kappa shape index (κ1) is 15.8. The molecular formula is C12H18N2O3S2. The Kier molecular flexibility index (Phi) is 7.35. The number of carboxylic acid groups (broad SMARTS) is 1. The molecule has 0 aliphatic rings. The van der Waals surface area contributed by atoms with Crippen molar-refractivity contribution < 1.29 is 14.7 Å². The van der Waals surface area contributed by atoms with Crippen molar-refractivity contribution in [2.75, 3.05) is 18.6 Å². The molecule has 1 atom stereocenters. The topological polar surface area (TPSA) is 78.4 Å². The Balaban J connectivity index is 2.25. The number of thiophene rings is 1. The van der Waals surface area contributed by atoms with E-state index in [0.717, 1.165) is 6.42 Å². The van der Waals surface area contributed by atoms with Crippen LogP contribution in [0, 0.1) is 0 Å². The van der Waals surface area contributed by atoms with Gasteiger partial charge in [0.1, 0.15) is 6.04 Å². The van der Waals surface area contributed by atoms with Crippen LogP contribution in [0.4, 0.5) is 4.79 Å². The van der Waals surface area contributed by atoms with Crippen molar-refractivity contribution in [3.63, 3.8) is 0 Å². The predicted molar refractivity (Wildman–Crippen MR) is 79.0 cm³/mol. The van der Waals surface area contributed by atoms with Gasteiger partial charge in [0.2, 0.25) is 0 Å². The Bertz CT molecular complexity index is 396. The fourth-order valence-electron chi connectivity index (χ4n) is 1.46. The van der Waals surface area contributed by atoms with E-state index in [1.165, 1.54) is 5.56 Å². The first-order chi connectivity index (χ1) is 9.13. The highest BCUT2D eigenvalue weighted by Crippen LogP contribution is 2.05. The second kappa shape index (κ2) is 8.82. The molecule has 7 heteroatoms. The zero-order valence-corrected chi connectivity index (χ0v) is 12.4. The summed E-state index contributed by atoms with van der Waals surface area (Å²) < 4.78 is 0. The van der Waals surface area contributed by atoms with Gasteiger partial charge in [-0.05, 0) is 47.2 Å². The van der Waals surface area contributed by atoms with Crippen LogP contribution in [0.1, 0.15) is 12.0 Å². The van der Waals surface area contributed by atoms with Crippen LogP contribution in [0.3, 0.4) is 0 Å². The van der Waals surface area contributed by atoms with Crippen molar-refractivity contribution in [1.82, 2.24) is 10.6 Å². The number of amides is 2. The van der Waals surface area contributed by atoms with Gasteiger partial charge in [0.25, 0.3) is 0 Å². The Hall–Kier alpha value is -1.21. The van der Waals surface area contributed by atoms with Crippen LogP contribution in [-0.4, -0.2) is 41.7 Å². The summed E-state index contributed by atoms with van der Waals surface area (Å²) >= 11 is 3.17. The maximum absolute atomic E-state index is 11.6. The number of carbonyl (C=O) groups excluding carboxylic acids is 1.